The number of hydrogen-bond acceptors (Lipinski definition) is 6. The number of ether oxygens (including phenoxy) is 2. The summed E-state index contributed by atoms with van der Waals surface area (Å²) in [7, 11) is 1.27. The zero-order valence-corrected chi connectivity index (χ0v) is 22.3. The first-order chi connectivity index (χ1) is 17.7. The van der Waals surface area contributed by atoms with Crippen molar-refractivity contribution >= 4 is 23.7 Å². The van der Waals surface area contributed by atoms with Crippen molar-refractivity contribution in [2.24, 2.45) is 11.7 Å². The minimum Gasteiger partial charge on any atom is -0.453 e. The summed E-state index contributed by atoms with van der Waals surface area (Å²) in [4.78, 5) is 26.0. The number of halogens is 2. The van der Waals surface area contributed by atoms with E-state index in [-0.39, 0.29) is 48.3 Å². The van der Waals surface area contributed by atoms with Gasteiger partial charge in [0.15, 0.2) is 0 Å². The fourth-order valence-electron chi connectivity index (χ4n) is 5.31. The van der Waals surface area contributed by atoms with Gasteiger partial charge in [-0.05, 0) is 57.4 Å². The van der Waals surface area contributed by atoms with Crippen molar-refractivity contribution in [3.05, 3.63) is 34.6 Å². The molecule has 2 aliphatic rings. The minimum absolute atomic E-state index is 0.0787. The number of likely N-dealkylation sites (tertiary alicyclic amines) is 1. The number of carbonyl (C=O) groups excluding carboxylic acids is 2. The summed E-state index contributed by atoms with van der Waals surface area (Å²) in [5.41, 5.74) is 4.75. The highest BCUT2D eigenvalue weighted by Crippen LogP contribution is 2.41. The number of rotatable bonds is 10. The molecule has 37 heavy (non-hydrogen) atoms. The summed E-state index contributed by atoms with van der Waals surface area (Å²) in [6, 6.07) is 4.09. The Balaban J connectivity index is 1.64. The molecule has 1 aromatic rings. The molecule has 0 aromatic heterocycles. The van der Waals surface area contributed by atoms with E-state index in [9.17, 15) is 14.7 Å². The van der Waals surface area contributed by atoms with Crippen LogP contribution in [0.3, 0.4) is 0 Å². The van der Waals surface area contributed by atoms with Gasteiger partial charge in [-0.15, -0.1) is 0 Å². The second-order valence-electron chi connectivity index (χ2n) is 10.0. The van der Waals surface area contributed by atoms with E-state index in [1.807, 2.05) is 0 Å². The van der Waals surface area contributed by atoms with E-state index in [0.717, 1.165) is 25.9 Å². The van der Waals surface area contributed by atoms with E-state index >= 15 is 4.39 Å². The molecule has 2 heterocycles. The largest absolute Gasteiger partial charge is 0.453 e. The zero-order chi connectivity index (χ0) is 26.8. The highest BCUT2D eigenvalue weighted by Gasteiger charge is 2.43. The Kier molecular flexibility index (Phi) is 11.2. The molecule has 0 spiro atoms. The average Bonchev–Trinajstić information content (AvgIpc) is 2.91. The van der Waals surface area contributed by atoms with Crippen LogP contribution in [0.15, 0.2) is 18.2 Å². The first kappa shape index (κ1) is 29.4. The summed E-state index contributed by atoms with van der Waals surface area (Å²) in [6.07, 6.45) is 5.25. The fourth-order valence-corrected chi connectivity index (χ4v) is 5.49. The smallest absolute Gasteiger partial charge is 0.406 e. The normalized spacial score (nSPS) is 22.6. The van der Waals surface area contributed by atoms with Crippen LogP contribution in [0.2, 0.25) is 5.02 Å². The number of urea groups is 1. The van der Waals surface area contributed by atoms with Gasteiger partial charge in [0.1, 0.15) is 5.82 Å². The Morgan fingerprint density at radius 1 is 1.32 bits per heavy atom. The van der Waals surface area contributed by atoms with E-state index in [1.165, 1.54) is 19.2 Å². The third-order valence-electron chi connectivity index (χ3n) is 7.35. The van der Waals surface area contributed by atoms with Crippen LogP contribution in [0.1, 0.15) is 56.9 Å². The molecule has 4 atom stereocenters. The van der Waals surface area contributed by atoms with Crippen molar-refractivity contribution in [3.63, 3.8) is 0 Å². The monoisotopic (exact) mass is 542 g/mol. The van der Waals surface area contributed by atoms with Crippen LogP contribution in [0.4, 0.5) is 14.0 Å². The van der Waals surface area contributed by atoms with E-state index < -0.39 is 23.4 Å². The van der Waals surface area contributed by atoms with E-state index in [2.05, 4.69) is 15.4 Å². The third kappa shape index (κ3) is 8.17. The maximum atomic E-state index is 15.1. The Morgan fingerprint density at radius 3 is 2.86 bits per heavy atom. The van der Waals surface area contributed by atoms with Crippen LogP contribution >= 0.6 is 11.6 Å². The molecule has 3 amide bonds. The summed E-state index contributed by atoms with van der Waals surface area (Å²) in [5, 5.41) is 17.3. The number of benzene rings is 1. The molecule has 0 saturated carbocycles. The molecule has 0 aliphatic carbocycles. The Bertz CT molecular complexity index is 904. The standard InChI is InChI=1S/C26H40ClFN4O5/c1-36-25(34)30-12-6-11-26(35,21-9-4-10-22(27)23(21)28)18-7-5-13-32(17-18)24(33)31-16-19(29)15-20-8-2-3-14-37-20/h4,9-10,18-20,35H,2-3,5-8,11-17,29H2,1H3,(H,30,34)(H,31,33). The van der Waals surface area contributed by atoms with E-state index in [0.29, 0.717) is 38.8 Å². The number of carbonyl (C=O) groups is 2. The van der Waals surface area contributed by atoms with Crippen LogP contribution in [0, 0.1) is 11.7 Å². The number of methoxy groups -OCH3 is 1. The van der Waals surface area contributed by atoms with Crippen LogP contribution in [-0.2, 0) is 15.1 Å². The highest BCUT2D eigenvalue weighted by molar-refractivity contribution is 6.30. The molecule has 208 valence electrons. The van der Waals surface area contributed by atoms with Gasteiger partial charge >= 0.3 is 12.1 Å². The molecule has 2 saturated heterocycles. The van der Waals surface area contributed by atoms with Gasteiger partial charge in [-0.25, -0.2) is 14.0 Å². The van der Waals surface area contributed by atoms with Crippen molar-refractivity contribution in [2.45, 2.75) is 69.1 Å². The zero-order valence-electron chi connectivity index (χ0n) is 21.5. The molecule has 0 radical (unpaired) electrons. The lowest BCUT2D eigenvalue weighted by Crippen LogP contribution is -2.52. The quantitative estimate of drug-likeness (QED) is 0.335. The van der Waals surface area contributed by atoms with Gasteiger partial charge in [0.2, 0.25) is 0 Å². The molecule has 2 fully saturated rings. The van der Waals surface area contributed by atoms with Crippen LogP contribution in [0.5, 0.6) is 0 Å². The third-order valence-corrected chi connectivity index (χ3v) is 7.64. The van der Waals surface area contributed by atoms with Gasteiger partial charge in [0, 0.05) is 50.3 Å². The number of hydrogen-bond donors (Lipinski definition) is 4. The number of nitrogens with zero attached hydrogens (tertiary/aromatic N) is 1. The molecule has 9 nitrogen and oxygen atoms in total. The molecule has 2 aliphatic heterocycles. The van der Waals surface area contributed by atoms with E-state index in [4.69, 9.17) is 22.1 Å². The topological polar surface area (TPSA) is 126 Å². The molecule has 3 rings (SSSR count). The summed E-state index contributed by atoms with van der Waals surface area (Å²) < 4.78 is 25.4. The predicted molar refractivity (Wildman–Crippen MR) is 139 cm³/mol. The molecule has 5 N–H and O–H groups in total. The van der Waals surface area contributed by atoms with Crippen LogP contribution < -0.4 is 16.4 Å². The molecule has 4 unspecified atom stereocenters. The minimum atomic E-state index is -1.58. The van der Waals surface area contributed by atoms with Crippen LogP contribution in [0.25, 0.3) is 0 Å². The Hall–Kier alpha value is -2.14. The van der Waals surface area contributed by atoms with Gasteiger partial charge in [-0.3, -0.25) is 0 Å². The number of amides is 3. The maximum absolute atomic E-state index is 15.1. The Labute approximate surface area is 223 Å². The maximum Gasteiger partial charge on any atom is 0.406 e. The average molecular weight is 543 g/mol. The van der Waals surface area contributed by atoms with Gasteiger partial charge in [-0.2, -0.15) is 0 Å². The lowest BCUT2D eigenvalue weighted by molar-refractivity contribution is -0.0575. The lowest BCUT2D eigenvalue weighted by Gasteiger charge is -2.43. The first-order valence-corrected chi connectivity index (χ1v) is 13.5. The van der Waals surface area contributed by atoms with Crippen molar-refractivity contribution in [1.82, 2.24) is 15.5 Å². The van der Waals surface area contributed by atoms with Gasteiger partial charge < -0.3 is 35.8 Å². The number of piperidine rings is 1. The number of aliphatic hydroxyl groups is 1. The lowest BCUT2D eigenvalue weighted by atomic mass is 9.74. The van der Waals surface area contributed by atoms with E-state index in [1.54, 1.807) is 11.0 Å². The molecule has 1 aromatic carbocycles. The summed E-state index contributed by atoms with van der Waals surface area (Å²) in [5.74, 6) is -1.10. The van der Waals surface area contributed by atoms with Crippen molar-refractivity contribution < 1.29 is 28.6 Å². The predicted octanol–water partition coefficient (Wildman–Crippen LogP) is 3.51. The number of nitrogens with one attached hydrogen (secondary N) is 2. The second-order valence-corrected chi connectivity index (χ2v) is 10.4. The SMILES string of the molecule is COC(=O)NCCCC(O)(c1cccc(Cl)c1F)C1CCCN(C(=O)NCC(N)CC2CCCCO2)C1. The summed E-state index contributed by atoms with van der Waals surface area (Å²) >= 11 is 6.05. The van der Waals surface area contributed by atoms with Crippen molar-refractivity contribution in [1.29, 1.82) is 0 Å². The summed E-state index contributed by atoms with van der Waals surface area (Å²) in [6.45, 7) is 2.11. The molecule has 11 heteroatoms. The second kappa shape index (κ2) is 14.1. The molecule has 0 bridgehead atoms. The highest BCUT2D eigenvalue weighted by atomic mass is 35.5. The molecular formula is C26H40ClFN4O5. The fraction of sp³-hybridized carbons (Fsp3) is 0.692. The molecular weight excluding hydrogens is 503 g/mol. The van der Waals surface area contributed by atoms with Gasteiger partial charge in [-0.1, -0.05) is 23.7 Å². The van der Waals surface area contributed by atoms with Crippen LogP contribution in [-0.4, -0.2) is 74.2 Å². The van der Waals surface area contributed by atoms with Gasteiger partial charge in [0.05, 0.1) is 23.8 Å². The Morgan fingerprint density at radius 2 is 2.14 bits per heavy atom. The van der Waals surface area contributed by atoms with Gasteiger partial charge in [0.25, 0.3) is 0 Å². The first-order valence-electron chi connectivity index (χ1n) is 13.1. The van der Waals surface area contributed by atoms with Crippen molar-refractivity contribution in [3.8, 4) is 0 Å². The van der Waals surface area contributed by atoms with Crippen molar-refractivity contribution in [2.75, 3.05) is 39.9 Å². The number of alkyl carbamates (subject to hydrolysis) is 1. The number of nitrogens with two attached hydrogens (primary N) is 1.